The minimum Gasteiger partial charge on any atom is -0.492 e. The van der Waals surface area contributed by atoms with E-state index >= 15 is 0 Å². The number of hydrogen-bond donors (Lipinski definition) is 3. The van der Waals surface area contributed by atoms with Gasteiger partial charge in [0, 0.05) is 53.6 Å². The summed E-state index contributed by atoms with van der Waals surface area (Å²) in [5.74, 6) is 1.06. The van der Waals surface area contributed by atoms with Crippen LogP contribution in [0.25, 0.3) is 55.6 Å². The Morgan fingerprint density at radius 2 is 1.82 bits per heavy atom. The van der Waals surface area contributed by atoms with Gasteiger partial charge in [-0.25, -0.2) is 9.37 Å². The number of nitrogens with zero attached hydrogens (tertiary/aromatic N) is 5. The molecule has 0 unspecified atom stereocenters. The van der Waals surface area contributed by atoms with Crippen LogP contribution in [0.2, 0.25) is 0 Å². The molecule has 0 radical (unpaired) electrons. The molecule has 5 heterocycles. The van der Waals surface area contributed by atoms with Crippen molar-refractivity contribution in [1.82, 2.24) is 30.0 Å². The molecule has 2 aliphatic rings. The van der Waals surface area contributed by atoms with Gasteiger partial charge in [-0.2, -0.15) is 5.10 Å². The number of H-pyrrole nitrogens is 2. The van der Waals surface area contributed by atoms with E-state index in [0.717, 1.165) is 94.1 Å². The number of benzene rings is 3. The van der Waals surface area contributed by atoms with E-state index in [0.29, 0.717) is 12.4 Å². The third-order valence-electron chi connectivity index (χ3n) is 8.69. The van der Waals surface area contributed by atoms with Crippen LogP contribution < -0.4 is 15.4 Å². The fourth-order valence-electron chi connectivity index (χ4n) is 6.36. The number of rotatable bonds is 8. The van der Waals surface area contributed by atoms with Crippen molar-refractivity contribution in [3.05, 3.63) is 78.9 Å². The summed E-state index contributed by atoms with van der Waals surface area (Å²) in [4.78, 5) is 17.3. The molecule has 6 aromatic rings. The van der Waals surface area contributed by atoms with E-state index in [4.69, 9.17) is 15.5 Å². The Labute approximate surface area is 253 Å². The fourth-order valence-corrected chi connectivity index (χ4v) is 6.36. The molecule has 0 spiro atoms. The zero-order valence-electron chi connectivity index (χ0n) is 24.3. The summed E-state index contributed by atoms with van der Waals surface area (Å²) < 4.78 is 20.8. The van der Waals surface area contributed by atoms with Crippen molar-refractivity contribution in [2.24, 2.45) is 5.73 Å². The lowest BCUT2D eigenvalue weighted by molar-refractivity contribution is 0.237. The first kappa shape index (κ1) is 26.8. The number of nitrogens with two attached hydrogens (primary N) is 1. The minimum atomic E-state index is -0.318. The topological polar surface area (TPSA) is 112 Å². The Bertz CT molecular complexity index is 1970. The van der Waals surface area contributed by atoms with E-state index in [-0.39, 0.29) is 11.9 Å². The molecule has 8 rings (SSSR count). The lowest BCUT2D eigenvalue weighted by Crippen LogP contribution is -2.56. The molecular formula is C34H33FN8O. The summed E-state index contributed by atoms with van der Waals surface area (Å²) in [6.45, 7) is 5.18. The molecule has 2 saturated heterocycles. The highest BCUT2D eigenvalue weighted by molar-refractivity contribution is 6.01. The van der Waals surface area contributed by atoms with Crippen molar-refractivity contribution in [1.29, 1.82) is 0 Å². The molecule has 0 saturated carbocycles. The van der Waals surface area contributed by atoms with Crippen LogP contribution in [0.5, 0.6) is 5.75 Å². The van der Waals surface area contributed by atoms with E-state index in [9.17, 15) is 4.39 Å². The van der Waals surface area contributed by atoms with Gasteiger partial charge in [0.15, 0.2) is 0 Å². The number of aromatic nitrogens is 5. The predicted molar refractivity (Wildman–Crippen MR) is 171 cm³/mol. The van der Waals surface area contributed by atoms with Gasteiger partial charge < -0.3 is 20.4 Å². The number of fused-ring (bicyclic) bond motifs is 2. The lowest BCUT2D eigenvalue weighted by atomic mass is 10.0. The number of aromatic amines is 2. The summed E-state index contributed by atoms with van der Waals surface area (Å²) in [5.41, 5.74) is 12.9. The first-order chi connectivity index (χ1) is 21.6. The SMILES string of the molecule is NC1CN(c2cncc(-c3ccc4[nH]nc(-c5cc6c(-c7cc(F)cc(OCCN8CCCC8)c7)cccc6[nH]5)c4c3)n2)C1. The predicted octanol–water partition coefficient (Wildman–Crippen LogP) is 5.60. The Morgan fingerprint density at radius 1 is 0.932 bits per heavy atom. The van der Waals surface area contributed by atoms with Crippen molar-refractivity contribution in [2.45, 2.75) is 18.9 Å². The maximum absolute atomic E-state index is 14.8. The number of likely N-dealkylation sites (tertiary alicyclic amines) is 1. The molecular weight excluding hydrogens is 555 g/mol. The quantitative estimate of drug-likeness (QED) is 0.212. The van der Waals surface area contributed by atoms with E-state index in [1.165, 1.54) is 18.9 Å². The summed E-state index contributed by atoms with van der Waals surface area (Å²) in [6, 6.07) is 19.4. The van der Waals surface area contributed by atoms with Gasteiger partial charge in [-0.05, 0) is 73.5 Å². The van der Waals surface area contributed by atoms with Gasteiger partial charge in [-0.3, -0.25) is 15.0 Å². The molecule has 4 N–H and O–H groups in total. The van der Waals surface area contributed by atoms with Crippen LogP contribution in [-0.4, -0.2) is 75.4 Å². The molecule has 3 aromatic heterocycles. The first-order valence-corrected chi connectivity index (χ1v) is 15.2. The first-order valence-electron chi connectivity index (χ1n) is 15.2. The van der Waals surface area contributed by atoms with Crippen LogP contribution in [0.15, 0.2) is 73.1 Å². The van der Waals surface area contributed by atoms with Gasteiger partial charge in [0.1, 0.15) is 29.7 Å². The molecule has 10 heteroatoms. The average molecular weight is 589 g/mol. The minimum absolute atomic E-state index is 0.183. The van der Waals surface area contributed by atoms with Gasteiger partial charge in [0.25, 0.3) is 0 Å². The molecule has 0 amide bonds. The van der Waals surface area contributed by atoms with Crippen LogP contribution in [0.3, 0.4) is 0 Å². The second kappa shape index (κ2) is 11.0. The van der Waals surface area contributed by atoms with Crippen molar-refractivity contribution < 1.29 is 9.13 Å². The van der Waals surface area contributed by atoms with Gasteiger partial charge in [-0.1, -0.05) is 18.2 Å². The Kier molecular flexibility index (Phi) is 6.72. The summed E-state index contributed by atoms with van der Waals surface area (Å²) in [7, 11) is 0. The molecule has 2 fully saturated rings. The highest BCUT2D eigenvalue weighted by atomic mass is 19.1. The second-order valence-corrected chi connectivity index (χ2v) is 11.8. The zero-order chi connectivity index (χ0) is 29.6. The average Bonchev–Trinajstić information content (AvgIpc) is 3.78. The molecule has 0 atom stereocenters. The highest BCUT2D eigenvalue weighted by Crippen LogP contribution is 2.36. The van der Waals surface area contributed by atoms with Gasteiger partial charge in [0.2, 0.25) is 0 Å². The Balaban J connectivity index is 1.11. The number of halogens is 1. The molecule has 44 heavy (non-hydrogen) atoms. The molecule has 0 bridgehead atoms. The van der Waals surface area contributed by atoms with Gasteiger partial charge in [-0.15, -0.1) is 0 Å². The van der Waals surface area contributed by atoms with Crippen LogP contribution in [0.1, 0.15) is 12.8 Å². The highest BCUT2D eigenvalue weighted by Gasteiger charge is 2.25. The number of ether oxygens (including phenoxy) is 1. The van der Waals surface area contributed by atoms with E-state index in [1.54, 1.807) is 18.5 Å². The summed E-state index contributed by atoms with van der Waals surface area (Å²) in [6.07, 6.45) is 6.03. The third-order valence-corrected chi connectivity index (χ3v) is 8.69. The molecule has 222 valence electrons. The van der Waals surface area contributed by atoms with Crippen molar-refractivity contribution in [3.63, 3.8) is 0 Å². The van der Waals surface area contributed by atoms with Crippen molar-refractivity contribution in [2.75, 3.05) is 44.2 Å². The summed E-state index contributed by atoms with van der Waals surface area (Å²) in [5, 5.41) is 9.78. The Hall–Kier alpha value is -4.80. The van der Waals surface area contributed by atoms with Gasteiger partial charge >= 0.3 is 0 Å². The molecule has 3 aromatic carbocycles. The fraction of sp³-hybridized carbons (Fsp3) is 0.265. The van der Waals surface area contributed by atoms with Crippen molar-refractivity contribution in [3.8, 4) is 39.5 Å². The maximum atomic E-state index is 14.8. The maximum Gasteiger partial charge on any atom is 0.147 e. The third kappa shape index (κ3) is 5.06. The molecule has 2 aliphatic heterocycles. The molecule has 9 nitrogen and oxygen atoms in total. The van der Waals surface area contributed by atoms with Crippen LogP contribution in [0.4, 0.5) is 10.2 Å². The Morgan fingerprint density at radius 3 is 2.68 bits per heavy atom. The van der Waals surface area contributed by atoms with Crippen LogP contribution in [0, 0.1) is 5.82 Å². The van der Waals surface area contributed by atoms with Crippen LogP contribution in [-0.2, 0) is 0 Å². The van der Waals surface area contributed by atoms with Crippen LogP contribution >= 0.6 is 0 Å². The second-order valence-electron chi connectivity index (χ2n) is 11.8. The number of anilines is 1. The monoisotopic (exact) mass is 588 g/mol. The normalized spacial score (nSPS) is 15.8. The van der Waals surface area contributed by atoms with E-state index < -0.39 is 0 Å². The van der Waals surface area contributed by atoms with E-state index in [2.05, 4.69) is 42.1 Å². The van der Waals surface area contributed by atoms with E-state index in [1.807, 2.05) is 36.4 Å². The van der Waals surface area contributed by atoms with Gasteiger partial charge in [0.05, 0.1) is 29.3 Å². The lowest BCUT2D eigenvalue weighted by Gasteiger charge is -2.37. The summed E-state index contributed by atoms with van der Waals surface area (Å²) >= 11 is 0. The standard InChI is InChI=1S/C34H33FN8O/c35-23-12-22(13-25(15-23)44-11-10-42-8-1-2-9-42)26-4-3-5-29-27(26)16-31(38-29)34-28-14-21(6-7-30(28)40-41-34)32-17-37-18-33(39-32)43-19-24(36)20-43/h3-7,12-18,24,38H,1-2,8-11,19-20,36H2,(H,40,41). The largest absolute Gasteiger partial charge is 0.492 e. The number of nitrogens with one attached hydrogen (secondary N) is 2. The zero-order valence-corrected chi connectivity index (χ0v) is 24.3. The number of hydrogen-bond acceptors (Lipinski definition) is 7. The van der Waals surface area contributed by atoms with Crippen molar-refractivity contribution >= 4 is 27.6 Å². The molecule has 0 aliphatic carbocycles. The smallest absolute Gasteiger partial charge is 0.147 e.